The lowest BCUT2D eigenvalue weighted by atomic mass is 9.44. The van der Waals surface area contributed by atoms with Crippen molar-refractivity contribution in [3.8, 4) is 22.5 Å². The van der Waals surface area contributed by atoms with Gasteiger partial charge in [0.2, 0.25) is 23.6 Å². The van der Waals surface area contributed by atoms with Crippen LogP contribution in [0.5, 0.6) is 0 Å². The molecule has 4 aliphatic carbocycles. The molecule has 9 rings (SSSR count). The first kappa shape index (κ1) is 85.6. The number of nitrogens with zero attached hydrogens (tertiary/aromatic N) is 4. The molecule has 6 aliphatic rings. The van der Waals surface area contributed by atoms with Gasteiger partial charge in [-0.2, -0.15) is 0 Å². The Morgan fingerprint density at radius 1 is 0.743 bits per heavy atom. The Balaban J connectivity index is 0.621. The van der Waals surface area contributed by atoms with E-state index in [4.69, 9.17) is 48.4 Å². The summed E-state index contributed by atoms with van der Waals surface area (Å²) in [5.41, 5.74) is 2.88. The summed E-state index contributed by atoms with van der Waals surface area (Å²) in [6.45, 7) is 16.0. The summed E-state index contributed by atoms with van der Waals surface area (Å²) in [5, 5.41) is 35.2. The number of aliphatic hydroxyl groups excluding tert-OH is 1. The minimum absolute atomic E-state index is 0.00229. The molecule has 3 aromatic rings. The van der Waals surface area contributed by atoms with Gasteiger partial charge >= 0.3 is 6.03 Å². The highest BCUT2D eigenvalue weighted by Gasteiger charge is 2.80. The fraction of sp³-hybridized carbons (Fsp3) is 0.671. The van der Waals surface area contributed by atoms with Gasteiger partial charge in [0.1, 0.15) is 11.9 Å². The van der Waals surface area contributed by atoms with Crippen LogP contribution in [-0.2, 0) is 89.3 Å². The van der Waals surface area contributed by atoms with E-state index in [1.165, 1.54) is 19.1 Å². The molecule has 2 aromatic carbocycles. The highest BCUT2D eigenvalue weighted by atomic mass is 19.1. The molecule has 28 nitrogen and oxygen atoms in total. The number of amides is 6. The average Bonchev–Trinajstić information content (AvgIpc) is 1.52. The maximum absolute atomic E-state index is 18.1. The highest BCUT2D eigenvalue weighted by Crippen LogP contribution is 2.72. The van der Waals surface area contributed by atoms with Crippen molar-refractivity contribution >= 4 is 52.7 Å². The first-order chi connectivity index (χ1) is 52.5. The lowest BCUT2D eigenvalue weighted by Gasteiger charge is -2.63. The number of para-hydroxylation sites is 1. The zero-order valence-electron chi connectivity index (χ0n) is 64.1. The number of ether oxygens (including phenoxy) is 9. The minimum atomic E-state index is -2.41. The van der Waals surface area contributed by atoms with Crippen LogP contribution in [0, 0.1) is 34.5 Å². The van der Waals surface area contributed by atoms with Gasteiger partial charge < -0.3 is 85.0 Å². The van der Waals surface area contributed by atoms with Gasteiger partial charge in [-0.1, -0.05) is 87.9 Å². The van der Waals surface area contributed by atoms with Crippen molar-refractivity contribution in [2.75, 3.05) is 131 Å². The molecule has 109 heavy (non-hydrogen) atoms. The summed E-state index contributed by atoms with van der Waals surface area (Å²) in [7, 11) is 1.88. The van der Waals surface area contributed by atoms with Crippen molar-refractivity contribution in [2.24, 2.45) is 40.2 Å². The number of aliphatic hydroxyl groups is 1. The molecule has 1 aromatic heterocycles. The Hall–Kier alpha value is -7.36. The zero-order chi connectivity index (χ0) is 78.1. The highest BCUT2D eigenvalue weighted by molar-refractivity contribution is 6.02. The quantitative estimate of drug-likeness (QED) is 0.0304. The van der Waals surface area contributed by atoms with Crippen LogP contribution in [0.25, 0.3) is 22.5 Å². The zero-order valence-corrected chi connectivity index (χ0v) is 64.1. The number of hydrogen-bond acceptors (Lipinski definition) is 21. The second-order valence-corrected chi connectivity index (χ2v) is 29.7. The number of primary amides is 1. The van der Waals surface area contributed by atoms with Crippen molar-refractivity contribution in [3.05, 3.63) is 77.9 Å². The summed E-state index contributed by atoms with van der Waals surface area (Å²) in [6.07, 6.45) is 0.909. The van der Waals surface area contributed by atoms with Crippen LogP contribution >= 0.6 is 0 Å². The SMILES string of the molecule is CCCC1O[C@@H]2C[C@H]3[C@@H]4C[C@H](F)C5=CC(=O)C=C[C@]5(C)[C@@]4(F)[C@@H](O)C[C@]3(C)[C@]2(C(=O)CNC(=O)[C@H](CCCNC(N)=O)CC(=O)[C@@H](NC(=O)CCOCCCOCCCOCCCOCCNC(=O)CCC(=O)N2Cc3ccccc3-c3c(nnn3CCOCCOCCOCCNC)-c3ccccc32)C(C)C)O1. The van der Waals surface area contributed by atoms with Crippen LogP contribution in [0.1, 0.15) is 130 Å². The van der Waals surface area contributed by atoms with Crippen molar-refractivity contribution in [1.82, 2.24) is 41.6 Å². The number of carbonyl (C=O) groups excluding carboxylic acids is 8. The van der Waals surface area contributed by atoms with Crippen LogP contribution in [0.15, 0.2) is 72.3 Å². The summed E-state index contributed by atoms with van der Waals surface area (Å²) in [5.74, 6) is -6.26. The van der Waals surface area contributed by atoms with Gasteiger partial charge in [0.15, 0.2) is 34.9 Å². The van der Waals surface area contributed by atoms with Gasteiger partial charge in [-0.15, -0.1) is 5.10 Å². The van der Waals surface area contributed by atoms with E-state index in [1.807, 2.05) is 67.2 Å². The number of ketones is 3. The Morgan fingerprint density at radius 3 is 2.07 bits per heavy atom. The molecule has 602 valence electrons. The average molecular weight is 1530 g/mol. The number of anilines is 1. The maximum Gasteiger partial charge on any atom is 0.312 e. The first-order valence-electron chi connectivity index (χ1n) is 38.9. The van der Waals surface area contributed by atoms with Crippen molar-refractivity contribution in [2.45, 2.75) is 180 Å². The molecule has 0 bridgehead atoms. The monoisotopic (exact) mass is 1530 g/mol. The number of hydrogen-bond donors (Lipinski definition) is 7. The lowest BCUT2D eigenvalue weighted by Crippen LogP contribution is -2.71. The van der Waals surface area contributed by atoms with E-state index in [0.717, 1.165) is 35.0 Å². The minimum Gasteiger partial charge on any atom is -0.390 e. The van der Waals surface area contributed by atoms with Gasteiger partial charge in [0, 0.05) is 119 Å². The molecule has 6 amide bonds. The third-order valence-corrected chi connectivity index (χ3v) is 22.1. The van der Waals surface area contributed by atoms with E-state index < -0.39 is 112 Å². The topological polar surface area (TPSA) is 360 Å². The second-order valence-electron chi connectivity index (χ2n) is 29.7. The molecule has 3 heterocycles. The number of carbonyl (C=O) groups is 8. The Labute approximate surface area is 637 Å². The van der Waals surface area contributed by atoms with E-state index in [0.29, 0.717) is 136 Å². The smallest absolute Gasteiger partial charge is 0.312 e. The molecule has 0 spiro atoms. The number of Topliss-reactive ketones (excluding diaryl/α,β-unsaturated/α-hetero) is 2. The van der Waals surface area contributed by atoms with Crippen LogP contribution in [0.2, 0.25) is 0 Å². The second kappa shape index (κ2) is 41.2. The van der Waals surface area contributed by atoms with Crippen LogP contribution in [0.3, 0.4) is 0 Å². The van der Waals surface area contributed by atoms with Gasteiger partial charge in [0.25, 0.3) is 0 Å². The normalized spacial score (nSPS) is 24.9. The van der Waals surface area contributed by atoms with Gasteiger partial charge in [-0.25, -0.2) is 18.3 Å². The lowest BCUT2D eigenvalue weighted by molar-refractivity contribution is -0.234. The van der Waals surface area contributed by atoms with Crippen LogP contribution < -0.4 is 37.2 Å². The number of urea groups is 1. The van der Waals surface area contributed by atoms with Crippen LogP contribution in [0.4, 0.5) is 19.3 Å². The number of allylic oxidation sites excluding steroid dienone is 4. The first-order valence-corrected chi connectivity index (χ1v) is 38.9. The fourth-order valence-electron chi connectivity index (χ4n) is 16.6. The summed E-state index contributed by atoms with van der Waals surface area (Å²) in [6, 6.07) is 13.7. The predicted octanol–water partition coefficient (Wildman–Crippen LogP) is 6.31. The molecule has 0 radical (unpaired) electrons. The number of benzene rings is 2. The van der Waals surface area contributed by atoms with Crippen LogP contribution in [-0.4, -0.2) is 235 Å². The fourth-order valence-corrected chi connectivity index (χ4v) is 16.6. The number of nitrogens with one attached hydrogen (secondary N) is 5. The number of halogens is 2. The molecule has 2 aliphatic heterocycles. The largest absolute Gasteiger partial charge is 0.390 e. The number of likely N-dealkylation sites (N-methyl/N-ethyl adjacent to an activating group) is 1. The van der Waals surface area contributed by atoms with E-state index >= 15 is 13.6 Å². The molecule has 8 N–H and O–H groups in total. The number of nitrogens with two attached hydrogens (primary N) is 1. The Morgan fingerprint density at radius 2 is 1.39 bits per heavy atom. The molecule has 1 saturated heterocycles. The van der Waals surface area contributed by atoms with Gasteiger partial charge in [0.05, 0.1) is 102 Å². The van der Waals surface area contributed by atoms with E-state index in [-0.39, 0.29) is 107 Å². The number of fused-ring (bicyclic) bond motifs is 12. The maximum atomic E-state index is 18.1. The van der Waals surface area contributed by atoms with Crippen molar-refractivity contribution < 1.29 is 94.9 Å². The molecule has 30 heteroatoms. The van der Waals surface area contributed by atoms with Gasteiger partial charge in [-0.3, -0.25) is 33.6 Å². The predicted molar refractivity (Wildman–Crippen MR) is 399 cm³/mol. The van der Waals surface area contributed by atoms with E-state index in [1.54, 1.807) is 25.7 Å². The third-order valence-electron chi connectivity index (χ3n) is 22.1. The molecule has 3 saturated carbocycles. The van der Waals surface area contributed by atoms with E-state index in [2.05, 4.69) is 36.9 Å². The summed E-state index contributed by atoms with van der Waals surface area (Å²) >= 11 is 0. The standard InChI is InChI=1S/C79H114F2N10O18/c1-7-16-70-108-66-48-58-59-47-61(80)60-46-55(92)24-26-76(60,4)78(59,81)64(94)49-77(58,5)79(66,109-70)65(95)50-86-74(99)53(18-12-27-85-75(82)100)45-63(93)71(52(2)3)87-68(97)25-37-103-35-14-33-101-31-13-32-102-34-15-36-104-39-29-84-67(96)22-23-69(98)90-51-54-17-8-9-19-56(54)73-72(57-20-10-11-21-62(57)90)88-89-91(73)30-40-106-42-44-107-43-41-105-38-28-83-6/h8-11,17,19-21,24,26,46,52-53,58-59,61,64,66,70-71,83,94H,7,12-16,18,22-23,25,27-45,47-51H2,1-6H3,(H,84,96)(H,86,99)(H,87,97)(H3,82,85,100)/t53-,58+,59+,61+,64+,66-,70?,71+,76+,77+,78+,79-/m1/s1. The number of aromatic nitrogens is 3. The molecule has 4 fully saturated rings. The van der Waals surface area contributed by atoms with Crippen molar-refractivity contribution in [1.29, 1.82) is 0 Å². The molecular weight excluding hydrogens is 1410 g/mol. The Kier molecular flexibility index (Phi) is 32.4. The van der Waals surface area contributed by atoms with E-state index in [9.17, 15) is 38.7 Å². The number of rotatable bonds is 48. The molecular formula is C79H114F2N10O18. The summed E-state index contributed by atoms with van der Waals surface area (Å²) < 4.78 is 89.3. The third kappa shape index (κ3) is 21.1. The Bertz CT molecular complexity index is 3620. The molecule has 1 unspecified atom stereocenters. The number of alkyl halides is 2. The molecule has 12 atom stereocenters. The van der Waals surface area contributed by atoms with Gasteiger partial charge in [-0.05, 0) is 113 Å². The summed E-state index contributed by atoms with van der Waals surface area (Å²) in [4.78, 5) is 109. The van der Waals surface area contributed by atoms with Crippen molar-refractivity contribution in [3.63, 3.8) is 0 Å².